The van der Waals surface area contributed by atoms with E-state index in [1.807, 2.05) is 12.3 Å². The zero-order valence-corrected chi connectivity index (χ0v) is 21.4. The van der Waals surface area contributed by atoms with Crippen molar-refractivity contribution in [2.24, 2.45) is 0 Å². The smallest absolute Gasteiger partial charge is 0.255 e. The van der Waals surface area contributed by atoms with Crippen LogP contribution < -0.4 is 4.72 Å². The molecule has 1 amide bonds. The molecule has 6 nitrogen and oxygen atoms in total. The standard InChI is InChI=1S/C21H24Cl2N2O4S3/c1-30-20-5-4-17(13-18(20)21(26)25-7-9-29-10-8-25)32(27,28)24-6-11-31-14-15-2-3-16(22)12-19(15)23/h2-5,12-13,24H,6-11,14H2,1H3. The molecule has 0 atom stereocenters. The van der Waals surface area contributed by atoms with E-state index >= 15 is 0 Å². The molecule has 11 heteroatoms. The Balaban J connectivity index is 1.61. The van der Waals surface area contributed by atoms with Crippen LogP contribution in [0.3, 0.4) is 0 Å². The van der Waals surface area contributed by atoms with E-state index in [-0.39, 0.29) is 17.3 Å². The summed E-state index contributed by atoms with van der Waals surface area (Å²) in [4.78, 5) is 15.5. The second-order valence-corrected chi connectivity index (χ2v) is 11.5. The fraction of sp³-hybridized carbons (Fsp3) is 0.381. The molecule has 3 rings (SSSR count). The third kappa shape index (κ3) is 6.79. The first-order chi connectivity index (χ1) is 15.3. The summed E-state index contributed by atoms with van der Waals surface area (Å²) in [6.45, 7) is 2.22. The molecule has 1 aliphatic heterocycles. The molecular formula is C21H24Cl2N2O4S3. The van der Waals surface area contributed by atoms with Gasteiger partial charge in [-0.3, -0.25) is 4.79 Å². The van der Waals surface area contributed by atoms with Gasteiger partial charge in [0.2, 0.25) is 10.0 Å². The van der Waals surface area contributed by atoms with E-state index in [1.54, 1.807) is 34.9 Å². The van der Waals surface area contributed by atoms with E-state index in [4.69, 9.17) is 27.9 Å². The number of morpholine rings is 1. The Hall–Kier alpha value is -0.940. The van der Waals surface area contributed by atoms with Crippen molar-refractivity contribution in [3.8, 4) is 0 Å². The minimum absolute atomic E-state index is 0.0812. The van der Waals surface area contributed by atoms with Gasteiger partial charge < -0.3 is 9.64 Å². The lowest BCUT2D eigenvalue weighted by atomic mass is 10.2. The van der Waals surface area contributed by atoms with E-state index in [2.05, 4.69) is 4.72 Å². The molecule has 1 saturated heterocycles. The molecule has 32 heavy (non-hydrogen) atoms. The van der Waals surface area contributed by atoms with Crippen molar-refractivity contribution in [1.29, 1.82) is 0 Å². The minimum atomic E-state index is -3.74. The van der Waals surface area contributed by atoms with Crippen LogP contribution in [0.5, 0.6) is 0 Å². The summed E-state index contributed by atoms with van der Waals surface area (Å²) in [5.74, 6) is 1.05. The summed E-state index contributed by atoms with van der Waals surface area (Å²) in [5.41, 5.74) is 1.34. The van der Waals surface area contributed by atoms with Gasteiger partial charge in [-0.15, -0.1) is 11.8 Å². The number of halogens is 2. The van der Waals surface area contributed by atoms with Gasteiger partial charge in [0.25, 0.3) is 5.91 Å². The second-order valence-electron chi connectivity index (χ2n) is 6.95. The largest absolute Gasteiger partial charge is 0.378 e. The summed E-state index contributed by atoms with van der Waals surface area (Å²) in [7, 11) is -3.74. The first-order valence-electron chi connectivity index (χ1n) is 9.88. The van der Waals surface area contributed by atoms with Gasteiger partial charge in [0.15, 0.2) is 0 Å². The number of carbonyl (C=O) groups is 1. The zero-order valence-electron chi connectivity index (χ0n) is 17.5. The van der Waals surface area contributed by atoms with Gasteiger partial charge in [-0.25, -0.2) is 13.1 Å². The average Bonchev–Trinajstić information content (AvgIpc) is 2.79. The highest BCUT2D eigenvalue weighted by atomic mass is 35.5. The number of thioether (sulfide) groups is 2. The molecule has 1 heterocycles. The van der Waals surface area contributed by atoms with Crippen molar-refractivity contribution in [3.05, 3.63) is 57.6 Å². The Kier molecular flexibility index (Phi) is 9.60. The first-order valence-corrected chi connectivity index (χ1v) is 14.5. The molecule has 0 bridgehead atoms. The maximum absolute atomic E-state index is 13.0. The highest BCUT2D eigenvalue weighted by Gasteiger charge is 2.24. The Morgan fingerprint density at radius 3 is 2.59 bits per heavy atom. The Morgan fingerprint density at radius 2 is 1.91 bits per heavy atom. The van der Waals surface area contributed by atoms with Gasteiger partial charge in [-0.2, -0.15) is 11.8 Å². The van der Waals surface area contributed by atoms with Gasteiger partial charge in [-0.1, -0.05) is 29.3 Å². The molecule has 1 aliphatic rings. The average molecular weight is 536 g/mol. The molecule has 0 aromatic heterocycles. The highest BCUT2D eigenvalue weighted by Crippen LogP contribution is 2.26. The molecule has 2 aromatic carbocycles. The number of hydrogen-bond acceptors (Lipinski definition) is 6. The van der Waals surface area contributed by atoms with Gasteiger partial charge in [-0.05, 0) is 42.2 Å². The number of amides is 1. The Labute approximate surface area is 207 Å². The monoisotopic (exact) mass is 534 g/mol. The van der Waals surface area contributed by atoms with Crippen molar-refractivity contribution < 1.29 is 17.9 Å². The maximum Gasteiger partial charge on any atom is 0.255 e. The van der Waals surface area contributed by atoms with E-state index < -0.39 is 10.0 Å². The summed E-state index contributed by atoms with van der Waals surface area (Å²) < 4.78 is 33.5. The van der Waals surface area contributed by atoms with E-state index in [1.165, 1.54) is 23.9 Å². The topological polar surface area (TPSA) is 75.7 Å². The SMILES string of the molecule is CSc1ccc(S(=O)(=O)NCCSCc2ccc(Cl)cc2Cl)cc1C(=O)N1CCOCC1. The minimum Gasteiger partial charge on any atom is -0.378 e. The lowest BCUT2D eigenvalue weighted by molar-refractivity contribution is 0.0300. The third-order valence-corrected chi connectivity index (χ3v) is 8.67. The molecular weight excluding hydrogens is 511 g/mol. The molecule has 1 fully saturated rings. The number of benzene rings is 2. The van der Waals surface area contributed by atoms with Crippen LogP contribution in [0.15, 0.2) is 46.2 Å². The van der Waals surface area contributed by atoms with Crippen LogP contribution in [-0.4, -0.2) is 64.1 Å². The molecule has 2 aromatic rings. The second kappa shape index (κ2) is 12.0. The summed E-state index contributed by atoms with van der Waals surface area (Å²) in [6, 6.07) is 10.0. The van der Waals surface area contributed by atoms with Crippen LogP contribution in [0.2, 0.25) is 10.0 Å². The first kappa shape index (κ1) is 25.7. The Morgan fingerprint density at radius 1 is 1.16 bits per heavy atom. The lowest BCUT2D eigenvalue weighted by Crippen LogP contribution is -2.41. The maximum atomic E-state index is 13.0. The van der Waals surface area contributed by atoms with Crippen molar-refractivity contribution in [1.82, 2.24) is 9.62 Å². The van der Waals surface area contributed by atoms with Crippen LogP contribution >= 0.6 is 46.7 Å². The van der Waals surface area contributed by atoms with Crippen LogP contribution in [0.25, 0.3) is 0 Å². The van der Waals surface area contributed by atoms with E-state index in [9.17, 15) is 13.2 Å². The summed E-state index contributed by atoms with van der Waals surface area (Å²) >= 11 is 15.1. The van der Waals surface area contributed by atoms with E-state index in [0.29, 0.717) is 53.4 Å². The molecule has 0 radical (unpaired) electrons. The van der Waals surface area contributed by atoms with Crippen molar-refractivity contribution >= 4 is 62.7 Å². The van der Waals surface area contributed by atoms with Crippen molar-refractivity contribution in [2.45, 2.75) is 15.5 Å². The molecule has 0 spiro atoms. The molecule has 0 aliphatic carbocycles. The summed E-state index contributed by atoms with van der Waals surface area (Å²) in [6.07, 6.45) is 1.86. The molecule has 0 unspecified atom stereocenters. The number of carbonyl (C=O) groups excluding carboxylic acids is 1. The number of nitrogens with zero attached hydrogens (tertiary/aromatic N) is 1. The van der Waals surface area contributed by atoms with E-state index in [0.717, 1.165) is 10.5 Å². The van der Waals surface area contributed by atoms with Crippen molar-refractivity contribution in [2.75, 3.05) is 44.9 Å². The van der Waals surface area contributed by atoms with Gasteiger partial charge >= 0.3 is 0 Å². The number of nitrogens with one attached hydrogen (secondary N) is 1. The molecule has 174 valence electrons. The fourth-order valence-electron chi connectivity index (χ4n) is 3.11. The third-order valence-electron chi connectivity index (χ3n) is 4.82. The van der Waals surface area contributed by atoms with Gasteiger partial charge in [0.05, 0.1) is 23.7 Å². The predicted molar refractivity (Wildman–Crippen MR) is 133 cm³/mol. The van der Waals surface area contributed by atoms with Gasteiger partial charge in [0.1, 0.15) is 0 Å². The zero-order chi connectivity index (χ0) is 23.1. The predicted octanol–water partition coefficient (Wildman–Crippen LogP) is 4.40. The normalized spacial score (nSPS) is 14.5. The quantitative estimate of drug-likeness (QED) is 0.379. The van der Waals surface area contributed by atoms with Crippen LogP contribution in [0, 0.1) is 0 Å². The number of rotatable bonds is 9. The molecule has 0 saturated carbocycles. The summed E-state index contributed by atoms with van der Waals surface area (Å²) in [5, 5.41) is 1.17. The number of hydrogen-bond donors (Lipinski definition) is 1. The van der Waals surface area contributed by atoms with Crippen LogP contribution in [0.4, 0.5) is 0 Å². The van der Waals surface area contributed by atoms with Crippen LogP contribution in [-0.2, 0) is 20.5 Å². The highest BCUT2D eigenvalue weighted by molar-refractivity contribution is 7.98. The van der Waals surface area contributed by atoms with Crippen LogP contribution in [0.1, 0.15) is 15.9 Å². The number of sulfonamides is 1. The van der Waals surface area contributed by atoms with Gasteiger partial charge in [0, 0.05) is 46.1 Å². The Bertz CT molecular complexity index is 1060. The fourth-order valence-corrected chi connectivity index (χ4v) is 6.28. The van der Waals surface area contributed by atoms with Crippen molar-refractivity contribution in [3.63, 3.8) is 0 Å². The molecule has 1 N–H and O–H groups in total. The number of ether oxygens (including phenoxy) is 1. The lowest BCUT2D eigenvalue weighted by Gasteiger charge is -2.27.